The minimum absolute atomic E-state index is 0.362. The van der Waals surface area contributed by atoms with Gasteiger partial charge in [0.05, 0.1) is 24.9 Å². The largest absolute Gasteiger partial charge is 0.389 e. The molecule has 98 valence electrons. The van der Waals surface area contributed by atoms with Crippen molar-refractivity contribution < 1.29 is 14.4 Å². The number of aliphatic hydroxyl groups excluding tert-OH is 1. The molecule has 0 aliphatic rings. The molecule has 0 aliphatic carbocycles. The number of aliphatic hydroxyl groups is 1. The van der Waals surface area contributed by atoms with E-state index in [1.165, 1.54) is 0 Å². The van der Waals surface area contributed by atoms with Gasteiger partial charge in [-0.1, -0.05) is 19.0 Å². The lowest BCUT2D eigenvalue weighted by molar-refractivity contribution is 0.0258. The van der Waals surface area contributed by atoms with Gasteiger partial charge >= 0.3 is 0 Å². The summed E-state index contributed by atoms with van der Waals surface area (Å²) in [7, 11) is 0. The Bertz CT molecular complexity index is 312. The van der Waals surface area contributed by atoms with E-state index in [1.54, 1.807) is 0 Å². The molecule has 0 spiro atoms. The minimum Gasteiger partial charge on any atom is -0.389 e. The molecule has 5 nitrogen and oxygen atoms in total. The quantitative estimate of drug-likeness (QED) is 0.714. The topological polar surface area (TPSA) is 67.5 Å². The van der Waals surface area contributed by atoms with Crippen LogP contribution in [0, 0.1) is 12.8 Å². The summed E-state index contributed by atoms with van der Waals surface area (Å²) in [5.41, 5.74) is 0.864. The summed E-state index contributed by atoms with van der Waals surface area (Å²) < 4.78 is 10.4. The van der Waals surface area contributed by atoms with Crippen LogP contribution in [0.5, 0.6) is 0 Å². The lowest BCUT2D eigenvalue weighted by atomic mass is 10.2. The van der Waals surface area contributed by atoms with E-state index in [1.807, 2.05) is 13.0 Å². The first kappa shape index (κ1) is 14.2. The summed E-state index contributed by atoms with van der Waals surface area (Å²) in [6.07, 6.45) is -0.488. The van der Waals surface area contributed by atoms with Crippen molar-refractivity contribution in [2.75, 3.05) is 19.8 Å². The van der Waals surface area contributed by atoms with Crippen LogP contribution in [0.4, 0.5) is 0 Å². The zero-order chi connectivity index (χ0) is 12.7. The van der Waals surface area contributed by atoms with Crippen molar-refractivity contribution in [1.29, 1.82) is 0 Å². The molecular weight excluding hydrogens is 220 g/mol. The van der Waals surface area contributed by atoms with Gasteiger partial charge in [-0.2, -0.15) is 0 Å². The Morgan fingerprint density at radius 2 is 2.24 bits per heavy atom. The lowest BCUT2D eigenvalue weighted by Gasteiger charge is -2.12. The number of aromatic nitrogens is 1. The van der Waals surface area contributed by atoms with Crippen molar-refractivity contribution in [3.8, 4) is 0 Å². The van der Waals surface area contributed by atoms with Crippen LogP contribution in [0.3, 0.4) is 0 Å². The molecular formula is C12H22N2O3. The van der Waals surface area contributed by atoms with E-state index in [-0.39, 0.29) is 0 Å². The Morgan fingerprint density at radius 1 is 1.47 bits per heavy atom. The molecule has 0 saturated carbocycles. The SMILES string of the molecule is Cc1cc(CNCC(O)COCC(C)C)on1. The molecule has 0 amide bonds. The summed E-state index contributed by atoms with van der Waals surface area (Å²) in [4.78, 5) is 0. The van der Waals surface area contributed by atoms with E-state index < -0.39 is 6.10 Å². The number of nitrogens with one attached hydrogen (secondary N) is 1. The smallest absolute Gasteiger partial charge is 0.150 e. The molecule has 1 heterocycles. The first-order chi connectivity index (χ1) is 8.08. The van der Waals surface area contributed by atoms with Crippen molar-refractivity contribution in [3.63, 3.8) is 0 Å². The van der Waals surface area contributed by atoms with Crippen molar-refractivity contribution in [3.05, 3.63) is 17.5 Å². The van der Waals surface area contributed by atoms with Crippen molar-refractivity contribution in [1.82, 2.24) is 10.5 Å². The van der Waals surface area contributed by atoms with Gasteiger partial charge in [0.2, 0.25) is 0 Å². The molecule has 0 saturated heterocycles. The normalized spacial score (nSPS) is 13.2. The highest BCUT2D eigenvalue weighted by Crippen LogP contribution is 2.01. The fraction of sp³-hybridized carbons (Fsp3) is 0.750. The number of aryl methyl sites for hydroxylation is 1. The number of hydrogen-bond acceptors (Lipinski definition) is 5. The standard InChI is InChI=1S/C12H22N2O3/c1-9(2)7-16-8-11(15)5-13-6-12-4-10(3)14-17-12/h4,9,11,13,15H,5-8H2,1-3H3. The molecule has 5 heteroatoms. The van der Waals surface area contributed by atoms with Crippen LogP contribution in [-0.4, -0.2) is 36.1 Å². The van der Waals surface area contributed by atoms with E-state index in [0.29, 0.717) is 32.2 Å². The molecule has 17 heavy (non-hydrogen) atoms. The fourth-order valence-corrected chi connectivity index (χ4v) is 1.36. The average Bonchev–Trinajstić information content (AvgIpc) is 2.63. The third-order valence-corrected chi connectivity index (χ3v) is 2.12. The highest BCUT2D eigenvalue weighted by atomic mass is 16.5. The van der Waals surface area contributed by atoms with Gasteiger partial charge in [-0.25, -0.2) is 0 Å². The van der Waals surface area contributed by atoms with E-state index in [2.05, 4.69) is 24.3 Å². The maximum Gasteiger partial charge on any atom is 0.150 e. The molecule has 1 rings (SSSR count). The predicted octanol–water partition coefficient (Wildman–Crippen LogP) is 1.11. The number of hydrogen-bond donors (Lipinski definition) is 2. The summed E-state index contributed by atoms with van der Waals surface area (Å²) in [6.45, 7) is 8.13. The van der Waals surface area contributed by atoms with Crippen LogP contribution in [0.25, 0.3) is 0 Å². The number of ether oxygens (including phenoxy) is 1. The molecule has 1 unspecified atom stereocenters. The first-order valence-electron chi connectivity index (χ1n) is 5.96. The maximum absolute atomic E-state index is 9.61. The van der Waals surface area contributed by atoms with Crippen molar-refractivity contribution in [2.24, 2.45) is 5.92 Å². The number of rotatable bonds is 8. The summed E-state index contributed by atoms with van der Waals surface area (Å²) in [5, 5.41) is 16.5. The summed E-state index contributed by atoms with van der Waals surface area (Å²) in [6, 6.07) is 1.87. The van der Waals surface area contributed by atoms with Crippen LogP contribution in [-0.2, 0) is 11.3 Å². The van der Waals surface area contributed by atoms with Gasteiger partial charge in [0, 0.05) is 19.2 Å². The van der Waals surface area contributed by atoms with Crippen LogP contribution in [0.15, 0.2) is 10.6 Å². The van der Waals surface area contributed by atoms with E-state index in [0.717, 1.165) is 11.5 Å². The van der Waals surface area contributed by atoms with Crippen LogP contribution >= 0.6 is 0 Å². The molecule has 0 fully saturated rings. The Hall–Kier alpha value is -0.910. The third kappa shape index (κ3) is 6.41. The summed E-state index contributed by atoms with van der Waals surface area (Å²) in [5.74, 6) is 1.27. The molecule has 1 aromatic heterocycles. The third-order valence-electron chi connectivity index (χ3n) is 2.12. The Balaban J connectivity index is 2.05. The zero-order valence-corrected chi connectivity index (χ0v) is 10.8. The van der Waals surface area contributed by atoms with Gasteiger partial charge < -0.3 is 19.7 Å². The van der Waals surface area contributed by atoms with Gasteiger partial charge in [-0.3, -0.25) is 0 Å². The average molecular weight is 242 g/mol. The highest BCUT2D eigenvalue weighted by Gasteiger charge is 2.06. The Morgan fingerprint density at radius 3 is 2.82 bits per heavy atom. The monoisotopic (exact) mass is 242 g/mol. The van der Waals surface area contributed by atoms with Crippen molar-refractivity contribution >= 4 is 0 Å². The van der Waals surface area contributed by atoms with Gasteiger partial charge in [-0.15, -0.1) is 0 Å². The van der Waals surface area contributed by atoms with Crippen LogP contribution < -0.4 is 5.32 Å². The molecule has 0 bridgehead atoms. The maximum atomic E-state index is 9.61. The van der Waals surface area contributed by atoms with Crippen LogP contribution in [0.1, 0.15) is 25.3 Å². The minimum atomic E-state index is -0.488. The van der Waals surface area contributed by atoms with E-state index in [4.69, 9.17) is 9.26 Å². The molecule has 1 aromatic rings. The van der Waals surface area contributed by atoms with Gasteiger partial charge in [0.25, 0.3) is 0 Å². The van der Waals surface area contributed by atoms with Crippen molar-refractivity contribution in [2.45, 2.75) is 33.4 Å². The lowest BCUT2D eigenvalue weighted by Crippen LogP contribution is -2.30. The Labute approximate surface area is 102 Å². The van der Waals surface area contributed by atoms with Gasteiger partial charge in [0.15, 0.2) is 5.76 Å². The second-order valence-corrected chi connectivity index (χ2v) is 4.65. The molecule has 0 aromatic carbocycles. The Kier molecular flexibility index (Phi) is 6.18. The second-order valence-electron chi connectivity index (χ2n) is 4.65. The van der Waals surface area contributed by atoms with Gasteiger partial charge in [0.1, 0.15) is 0 Å². The van der Waals surface area contributed by atoms with E-state index >= 15 is 0 Å². The predicted molar refractivity (Wildman–Crippen MR) is 64.6 cm³/mol. The molecule has 0 aliphatic heterocycles. The van der Waals surface area contributed by atoms with E-state index in [9.17, 15) is 5.11 Å². The molecule has 2 N–H and O–H groups in total. The zero-order valence-electron chi connectivity index (χ0n) is 10.8. The second kappa shape index (κ2) is 7.42. The fourth-order valence-electron chi connectivity index (χ4n) is 1.36. The highest BCUT2D eigenvalue weighted by molar-refractivity contribution is 5.02. The molecule has 1 atom stereocenters. The van der Waals surface area contributed by atoms with Crippen LogP contribution in [0.2, 0.25) is 0 Å². The number of nitrogens with zero attached hydrogens (tertiary/aromatic N) is 1. The molecule has 0 radical (unpaired) electrons. The first-order valence-corrected chi connectivity index (χ1v) is 5.96. The van der Waals surface area contributed by atoms with Gasteiger partial charge in [-0.05, 0) is 12.8 Å². The summed E-state index contributed by atoms with van der Waals surface area (Å²) >= 11 is 0.